The van der Waals surface area contributed by atoms with Crippen LogP contribution in [-0.4, -0.2) is 49.6 Å². The number of pyridine rings is 1. The van der Waals surface area contributed by atoms with E-state index in [1.54, 1.807) is 12.1 Å². The second kappa shape index (κ2) is 7.62. The van der Waals surface area contributed by atoms with E-state index in [-0.39, 0.29) is 24.6 Å². The van der Waals surface area contributed by atoms with Gasteiger partial charge < -0.3 is 10.4 Å². The zero-order valence-electron chi connectivity index (χ0n) is 11.1. The Hall–Kier alpha value is -1.91. The first-order valence-electron chi connectivity index (χ1n) is 5.94. The first-order chi connectivity index (χ1) is 9.44. The van der Waals surface area contributed by atoms with Gasteiger partial charge in [-0.05, 0) is 18.6 Å². The molecule has 0 aromatic carbocycles. The summed E-state index contributed by atoms with van der Waals surface area (Å²) in [5, 5.41) is 11.2. The van der Waals surface area contributed by atoms with Crippen LogP contribution in [-0.2, 0) is 9.84 Å². The number of amides is 1. The van der Waals surface area contributed by atoms with Crippen molar-refractivity contribution < 1.29 is 18.3 Å². The van der Waals surface area contributed by atoms with Gasteiger partial charge in [-0.25, -0.2) is 13.4 Å². The van der Waals surface area contributed by atoms with Gasteiger partial charge in [0, 0.05) is 19.0 Å². The molecule has 1 aromatic heterocycles. The van der Waals surface area contributed by atoms with Crippen molar-refractivity contribution in [3.63, 3.8) is 0 Å². The molecule has 1 rings (SSSR count). The molecule has 0 aliphatic rings. The molecule has 0 radical (unpaired) electrons. The highest BCUT2D eigenvalue weighted by Crippen LogP contribution is 2.03. The maximum atomic E-state index is 11.9. The fraction of sp³-hybridized carbons (Fsp3) is 0.385. The lowest BCUT2D eigenvalue weighted by molar-refractivity contribution is 0.0948. The second-order valence-electron chi connectivity index (χ2n) is 4.10. The summed E-state index contributed by atoms with van der Waals surface area (Å²) in [7, 11) is -3.02. The van der Waals surface area contributed by atoms with E-state index in [0.717, 1.165) is 6.26 Å². The molecule has 0 atom stereocenters. The molecular formula is C13H16N2O4S. The highest BCUT2D eigenvalue weighted by molar-refractivity contribution is 7.90. The van der Waals surface area contributed by atoms with Gasteiger partial charge in [0.2, 0.25) is 0 Å². The molecule has 1 aromatic rings. The number of nitrogens with zero attached hydrogens (tertiary/aromatic N) is 1. The van der Waals surface area contributed by atoms with E-state index in [1.807, 2.05) is 0 Å². The average Bonchev–Trinajstić information content (AvgIpc) is 2.40. The maximum absolute atomic E-state index is 11.9. The summed E-state index contributed by atoms with van der Waals surface area (Å²) < 4.78 is 21.9. The van der Waals surface area contributed by atoms with Crippen LogP contribution >= 0.6 is 0 Å². The number of carbonyl (C=O) groups is 1. The van der Waals surface area contributed by atoms with Crippen molar-refractivity contribution in [2.75, 3.05) is 25.2 Å². The predicted molar refractivity (Wildman–Crippen MR) is 74.9 cm³/mol. The summed E-state index contributed by atoms with van der Waals surface area (Å²) in [6, 6.07) is 3.27. The normalized spacial score (nSPS) is 10.5. The van der Waals surface area contributed by atoms with Crippen LogP contribution in [0.25, 0.3) is 0 Å². The number of hydrogen-bond donors (Lipinski definition) is 2. The van der Waals surface area contributed by atoms with Gasteiger partial charge in [-0.3, -0.25) is 4.79 Å². The molecule has 6 nitrogen and oxygen atoms in total. The third-order valence-corrected chi connectivity index (χ3v) is 3.33. The van der Waals surface area contributed by atoms with Gasteiger partial charge in [0.25, 0.3) is 5.91 Å². The lowest BCUT2D eigenvalue weighted by Crippen LogP contribution is -2.27. The first-order valence-corrected chi connectivity index (χ1v) is 8.01. The van der Waals surface area contributed by atoms with E-state index in [4.69, 9.17) is 5.11 Å². The van der Waals surface area contributed by atoms with Gasteiger partial charge >= 0.3 is 0 Å². The highest BCUT2D eigenvalue weighted by atomic mass is 32.2. The molecule has 1 amide bonds. The van der Waals surface area contributed by atoms with Gasteiger partial charge in [0.05, 0.1) is 11.3 Å². The number of aliphatic hydroxyl groups excluding tert-OH is 1. The van der Waals surface area contributed by atoms with Crippen molar-refractivity contribution in [1.29, 1.82) is 0 Å². The Balaban J connectivity index is 2.64. The molecule has 0 saturated carbocycles. The van der Waals surface area contributed by atoms with E-state index in [0.29, 0.717) is 12.0 Å². The van der Waals surface area contributed by atoms with Crippen LogP contribution in [0.5, 0.6) is 0 Å². The van der Waals surface area contributed by atoms with Crippen LogP contribution in [0.1, 0.15) is 22.5 Å². The van der Waals surface area contributed by atoms with Crippen LogP contribution in [0, 0.1) is 11.8 Å². The lowest BCUT2D eigenvalue weighted by Gasteiger charge is -2.05. The van der Waals surface area contributed by atoms with Gasteiger partial charge in [0.1, 0.15) is 22.1 Å². The minimum absolute atomic E-state index is 0.0205. The van der Waals surface area contributed by atoms with E-state index in [1.165, 1.54) is 6.20 Å². The molecule has 20 heavy (non-hydrogen) atoms. The Morgan fingerprint density at radius 2 is 2.25 bits per heavy atom. The number of sulfone groups is 1. The minimum atomic E-state index is -3.02. The van der Waals surface area contributed by atoms with Crippen molar-refractivity contribution in [3.05, 3.63) is 29.6 Å². The lowest BCUT2D eigenvalue weighted by atomic mass is 10.2. The molecule has 0 saturated heterocycles. The predicted octanol–water partition coefficient (Wildman–Crippen LogP) is -0.410. The van der Waals surface area contributed by atoms with Gasteiger partial charge in [-0.15, -0.1) is 0 Å². The molecule has 0 aliphatic carbocycles. The smallest absolute Gasteiger partial charge is 0.271 e. The number of rotatable bonds is 5. The summed E-state index contributed by atoms with van der Waals surface area (Å²) in [6.45, 7) is -0.0559. The van der Waals surface area contributed by atoms with E-state index < -0.39 is 15.7 Å². The van der Waals surface area contributed by atoms with Crippen molar-refractivity contribution >= 4 is 15.7 Å². The second-order valence-corrected chi connectivity index (χ2v) is 6.36. The average molecular weight is 296 g/mol. The number of aliphatic hydroxyl groups is 1. The standard InChI is InChI=1S/C13H16N2O4S/c1-20(18,19)10-4-8-15-13(17)12-11(6-3-9-16)5-2-7-14-12/h2,5,7,16H,4,8-10H2,1H3,(H,15,17). The van der Waals surface area contributed by atoms with Crippen molar-refractivity contribution in [1.82, 2.24) is 10.3 Å². The Kier molecular flexibility index (Phi) is 6.15. The summed E-state index contributed by atoms with van der Waals surface area (Å²) >= 11 is 0. The van der Waals surface area contributed by atoms with E-state index in [9.17, 15) is 13.2 Å². The zero-order chi connectivity index (χ0) is 15.0. The van der Waals surface area contributed by atoms with E-state index in [2.05, 4.69) is 22.1 Å². The van der Waals surface area contributed by atoms with Crippen LogP contribution in [0.2, 0.25) is 0 Å². The molecule has 0 aliphatic heterocycles. The fourth-order valence-electron chi connectivity index (χ4n) is 1.44. The molecule has 1 heterocycles. The molecule has 0 unspecified atom stereocenters. The molecule has 7 heteroatoms. The molecule has 0 fully saturated rings. The molecule has 2 N–H and O–H groups in total. The maximum Gasteiger partial charge on any atom is 0.271 e. The topological polar surface area (TPSA) is 96.4 Å². The number of nitrogens with one attached hydrogen (secondary N) is 1. The van der Waals surface area contributed by atoms with Crippen LogP contribution in [0.3, 0.4) is 0 Å². The SMILES string of the molecule is CS(=O)(=O)CCCNC(=O)c1ncccc1C#CCO. The highest BCUT2D eigenvalue weighted by Gasteiger charge is 2.11. The molecule has 0 spiro atoms. The van der Waals surface area contributed by atoms with Crippen LogP contribution < -0.4 is 5.32 Å². The van der Waals surface area contributed by atoms with Crippen LogP contribution in [0.4, 0.5) is 0 Å². The third kappa shape index (κ3) is 5.82. The Morgan fingerprint density at radius 1 is 1.50 bits per heavy atom. The van der Waals surface area contributed by atoms with Crippen molar-refractivity contribution in [2.45, 2.75) is 6.42 Å². The quantitative estimate of drug-likeness (QED) is 0.569. The zero-order valence-corrected chi connectivity index (χ0v) is 11.9. The summed E-state index contributed by atoms with van der Waals surface area (Å²) in [6.07, 6.45) is 2.96. The Morgan fingerprint density at radius 3 is 2.90 bits per heavy atom. The minimum Gasteiger partial charge on any atom is -0.384 e. The van der Waals surface area contributed by atoms with E-state index >= 15 is 0 Å². The third-order valence-electron chi connectivity index (χ3n) is 2.30. The molecular weight excluding hydrogens is 280 g/mol. The largest absolute Gasteiger partial charge is 0.384 e. The fourth-order valence-corrected chi connectivity index (χ4v) is 2.11. The number of hydrogen-bond acceptors (Lipinski definition) is 5. The van der Waals surface area contributed by atoms with Crippen LogP contribution in [0.15, 0.2) is 18.3 Å². The number of carbonyl (C=O) groups excluding carboxylic acids is 1. The Labute approximate surface area is 118 Å². The Bertz CT molecular complexity index is 629. The van der Waals surface area contributed by atoms with Crippen molar-refractivity contribution in [2.24, 2.45) is 0 Å². The summed E-state index contributed by atoms with van der Waals surface area (Å²) in [5.74, 6) is 4.70. The summed E-state index contributed by atoms with van der Waals surface area (Å²) in [4.78, 5) is 15.8. The van der Waals surface area contributed by atoms with Gasteiger partial charge in [0.15, 0.2) is 0 Å². The first kappa shape index (κ1) is 16.1. The monoisotopic (exact) mass is 296 g/mol. The molecule has 108 valence electrons. The van der Waals surface area contributed by atoms with Gasteiger partial charge in [-0.2, -0.15) is 0 Å². The summed E-state index contributed by atoms with van der Waals surface area (Å²) in [5.41, 5.74) is 0.579. The molecule has 0 bridgehead atoms. The number of aromatic nitrogens is 1. The van der Waals surface area contributed by atoms with Crippen molar-refractivity contribution in [3.8, 4) is 11.8 Å². The van der Waals surface area contributed by atoms with Gasteiger partial charge in [-0.1, -0.05) is 11.8 Å².